The predicted octanol–water partition coefficient (Wildman–Crippen LogP) is 3.27. The molecule has 0 amide bonds. The van der Waals surface area contributed by atoms with E-state index in [9.17, 15) is 23.4 Å². The van der Waals surface area contributed by atoms with E-state index in [0.29, 0.717) is 50.1 Å². The number of phenols is 1. The minimum absolute atomic E-state index is 0.0700. The normalized spacial score (nSPS) is 24.4. The van der Waals surface area contributed by atoms with Crippen molar-refractivity contribution in [1.29, 1.82) is 0 Å². The van der Waals surface area contributed by atoms with Gasteiger partial charge in [0.25, 0.3) is 0 Å². The number of alkyl halides is 3. The van der Waals surface area contributed by atoms with Crippen LogP contribution in [0.2, 0.25) is 0 Å². The zero-order valence-corrected chi connectivity index (χ0v) is 15.2. The highest BCUT2D eigenvalue weighted by Gasteiger charge is 2.39. The van der Waals surface area contributed by atoms with Gasteiger partial charge in [0.2, 0.25) is 0 Å². The molecule has 0 spiro atoms. The summed E-state index contributed by atoms with van der Waals surface area (Å²) < 4.78 is 44.1. The van der Waals surface area contributed by atoms with Crippen molar-refractivity contribution in [2.24, 2.45) is 0 Å². The van der Waals surface area contributed by atoms with Gasteiger partial charge in [0.1, 0.15) is 11.4 Å². The maximum absolute atomic E-state index is 12.9. The summed E-state index contributed by atoms with van der Waals surface area (Å²) in [6.45, 7) is 2.52. The van der Waals surface area contributed by atoms with Crippen molar-refractivity contribution < 1.29 is 28.1 Å². The molecule has 4 rings (SSSR count). The number of benzene rings is 1. The zero-order valence-electron chi connectivity index (χ0n) is 15.2. The molecule has 9 heteroatoms. The average molecular weight is 395 g/mol. The zero-order chi connectivity index (χ0) is 20.1. The van der Waals surface area contributed by atoms with Crippen molar-refractivity contribution in [3.8, 4) is 17.0 Å². The van der Waals surface area contributed by atoms with Crippen LogP contribution in [-0.2, 0) is 23.9 Å². The van der Waals surface area contributed by atoms with Gasteiger partial charge in [-0.05, 0) is 49.9 Å². The van der Waals surface area contributed by atoms with E-state index in [-0.39, 0.29) is 11.6 Å². The van der Waals surface area contributed by atoms with Gasteiger partial charge < -0.3 is 20.3 Å². The molecular formula is C19H20F3N3O3. The molecule has 1 aromatic carbocycles. The predicted molar refractivity (Wildman–Crippen MR) is 94.8 cm³/mol. The number of phenolic OH excluding ortho intramolecular Hbond substituents is 1. The second-order valence-electron chi connectivity index (χ2n) is 7.63. The number of hydrogen-bond acceptors (Lipinski definition) is 6. The Morgan fingerprint density at radius 1 is 1.21 bits per heavy atom. The molecule has 6 nitrogen and oxygen atoms in total. The van der Waals surface area contributed by atoms with Gasteiger partial charge in [-0.2, -0.15) is 13.2 Å². The van der Waals surface area contributed by atoms with Gasteiger partial charge in [-0.25, -0.2) is 0 Å². The molecule has 2 aliphatic rings. The van der Waals surface area contributed by atoms with E-state index in [0.717, 1.165) is 17.2 Å². The third-order valence-electron chi connectivity index (χ3n) is 5.22. The Morgan fingerprint density at radius 3 is 2.61 bits per heavy atom. The van der Waals surface area contributed by atoms with Crippen LogP contribution in [0, 0.1) is 0 Å². The van der Waals surface area contributed by atoms with E-state index in [4.69, 9.17) is 4.74 Å². The first-order chi connectivity index (χ1) is 13.1. The minimum atomic E-state index is -4.54. The summed E-state index contributed by atoms with van der Waals surface area (Å²) in [5, 5.41) is 31.7. The van der Waals surface area contributed by atoms with Crippen molar-refractivity contribution in [3.05, 3.63) is 34.9 Å². The van der Waals surface area contributed by atoms with Gasteiger partial charge in [-0.15, -0.1) is 10.2 Å². The molecule has 0 unspecified atom stereocenters. The van der Waals surface area contributed by atoms with E-state index < -0.39 is 23.1 Å². The quantitative estimate of drug-likeness (QED) is 0.740. The monoisotopic (exact) mass is 395 g/mol. The number of aromatic hydroxyl groups is 1. The smallest absolute Gasteiger partial charge is 0.416 e. The van der Waals surface area contributed by atoms with E-state index >= 15 is 0 Å². The number of halogens is 3. The summed E-state index contributed by atoms with van der Waals surface area (Å²) in [5.41, 5.74) is 0.529. The number of aliphatic hydroxyl groups is 1. The third-order valence-corrected chi connectivity index (χ3v) is 5.22. The molecule has 1 saturated carbocycles. The van der Waals surface area contributed by atoms with Crippen LogP contribution in [0.3, 0.4) is 0 Å². The fourth-order valence-electron chi connectivity index (χ4n) is 3.82. The highest BCUT2D eigenvalue weighted by molar-refractivity contribution is 5.73. The third kappa shape index (κ3) is 3.51. The summed E-state index contributed by atoms with van der Waals surface area (Å²) in [6, 6.07) is 2.91. The maximum atomic E-state index is 12.9. The Balaban J connectivity index is 1.69. The molecule has 0 bridgehead atoms. The van der Waals surface area contributed by atoms with Crippen LogP contribution in [0.5, 0.6) is 5.75 Å². The van der Waals surface area contributed by atoms with Crippen molar-refractivity contribution in [2.45, 2.75) is 50.6 Å². The van der Waals surface area contributed by atoms with E-state index in [2.05, 4.69) is 15.5 Å². The van der Waals surface area contributed by atoms with Crippen LogP contribution in [0.4, 0.5) is 19.0 Å². The first kappa shape index (κ1) is 18.9. The Labute approximate surface area is 159 Å². The van der Waals surface area contributed by atoms with Crippen LogP contribution in [0.1, 0.15) is 36.5 Å². The maximum Gasteiger partial charge on any atom is 0.416 e. The van der Waals surface area contributed by atoms with Crippen LogP contribution in [0.15, 0.2) is 18.2 Å². The van der Waals surface area contributed by atoms with Crippen molar-refractivity contribution >= 4 is 5.82 Å². The van der Waals surface area contributed by atoms with Gasteiger partial charge >= 0.3 is 6.18 Å². The Kier molecular flexibility index (Phi) is 4.46. The Morgan fingerprint density at radius 2 is 1.96 bits per heavy atom. The summed E-state index contributed by atoms with van der Waals surface area (Å²) >= 11 is 0. The van der Waals surface area contributed by atoms with Crippen LogP contribution in [-0.4, -0.2) is 38.7 Å². The summed E-state index contributed by atoms with van der Waals surface area (Å²) in [4.78, 5) is 0. The van der Waals surface area contributed by atoms with Crippen LogP contribution in [0.25, 0.3) is 11.3 Å². The van der Waals surface area contributed by atoms with Gasteiger partial charge in [-0.3, -0.25) is 0 Å². The number of aromatic nitrogens is 2. The number of fused-ring (bicyclic) bond motifs is 1. The molecule has 1 aliphatic heterocycles. The van der Waals surface area contributed by atoms with E-state index in [1.807, 2.05) is 0 Å². The SMILES string of the molecule is C[C@]1(O)C[C@@H](Nc2nnc(-c3ccc(C(F)(F)F)cc3O)c3c2COCC3)C1. The molecule has 1 fully saturated rings. The minimum Gasteiger partial charge on any atom is -0.507 e. The Bertz CT molecular complexity index is 907. The first-order valence-corrected chi connectivity index (χ1v) is 9.00. The van der Waals surface area contributed by atoms with Gasteiger partial charge in [0.05, 0.1) is 24.4 Å². The lowest BCUT2D eigenvalue weighted by molar-refractivity contribution is -0.137. The molecule has 2 aromatic rings. The molecule has 1 aromatic heterocycles. The highest BCUT2D eigenvalue weighted by atomic mass is 19.4. The fraction of sp³-hybridized carbons (Fsp3) is 0.474. The average Bonchev–Trinajstić information content (AvgIpc) is 2.60. The van der Waals surface area contributed by atoms with Gasteiger partial charge in [-0.1, -0.05) is 0 Å². The molecule has 3 N–H and O–H groups in total. The van der Waals surface area contributed by atoms with Crippen LogP contribution < -0.4 is 5.32 Å². The van der Waals surface area contributed by atoms with Gasteiger partial charge in [0.15, 0.2) is 5.82 Å². The largest absolute Gasteiger partial charge is 0.507 e. The number of anilines is 1. The summed E-state index contributed by atoms with van der Waals surface area (Å²) in [5.74, 6) is 0.0546. The van der Waals surface area contributed by atoms with Crippen molar-refractivity contribution in [1.82, 2.24) is 10.2 Å². The number of hydrogen-bond donors (Lipinski definition) is 3. The topological polar surface area (TPSA) is 87.5 Å². The molecule has 28 heavy (non-hydrogen) atoms. The lowest BCUT2D eigenvalue weighted by Gasteiger charge is -2.41. The molecule has 1 aliphatic carbocycles. The lowest BCUT2D eigenvalue weighted by atomic mass is 9.77. The van der Waals surface area contributed by atoms with Crippen LogP contribution >= 0.6 is 0 Å². The molecule has 0 radical (unpaired) electrons. The summed E-state index contributed by atoms with van der Waals surface area (Å²) in [6.07, 6.45) is -2.85. The number of nitrogens with zero attached hydrogens (tertiary/aromatic N) is 2. The molecule has 0 saturated heterocycles. The van der Waals surface area contributed by atoms with Crippen molar-refractivity contribution in [2.75, 3.05) is 11.9 Å². The first-order valence-electron chi connectivity index (χ1n) is 9.00. The number of nitrogens with one attached hydrogen (secondary N) is 1. The fourth-order valence-corrected chi connectivity index (χ4v) is 3.82. The Hall–Kier alpha value is -2.39. The standard InChI is InChI=1S/C19H20F3N3O3/c1-18(27)7-11(8-18)23-17-14-9-28-5-4-12(14)16(24-25-17)13-3-2-10(6-15(13)26)19(20,21)22/h2-3,6,11,26-27H,4-5,7-9H2,1H3,(H,23,25)/t11-,18+. The lowest BCUT2D eigenvalue weighted by Crippen LogP contribution is -2.48. The van der Waals surface area contributed by atoms with E-state index in [1.54, 1.807) is 6.92 Å². The molecule has 2 heterocycles. The molecule has 150 valence electrons. The van der Waals surface area contributed by atoms with Crippen molar-refractivity contribution in [3.63, 3.8) is 0 Å². The van der Waals surface area contributed by atoms with E-state index in [1.165, 1.54) is 6.07 Å². The number of ether oxygens (including phenoxy) is 1. The second kappa shape index (κ2) is 6.59. The highest BCUT2D eigenvalue weighted by Crippen LogP contribution is 2.40. The van der Waals surface area contributed by atoms with Gasteiger partial charge in [0, 0.05) is 17.2 Å². The molecular weight excluding hydrogens is 375 g/mol. The second-order valence-corrected chi connectivity index (χ2v) is 7.63. The number of rotatable bonds is 3. The summed E-state index contributed by atoms with van der Waals surface area (Å²) in [7, 11) is 0. The molecule has 0 atom stereocenters.